The molecule has 0 aromatic heterocycles. The number of hydrogen-bond acceptors (Lipinski definition) is 3. The maximum atomic E-state index is 12.3. The van der Waals surface area contributed by atoms with Gasteiger partial charge >= 0.3 is 5.97 Å². The third-order valence-electron chi connectivity index (χ3n) is 3.74. The Morgan fingerprint density at radius 3 is 2.60 bits per heavy atom. The van der Waals surface area contributed by atoms with Gasteiger partial charge in [0.25, 0.3) is 5.91 Å². The van der Waals surface area contributed by atoms with Gasteiger partial charge in [0, 0.05) is 13.2 Å². The van der Waals surface area contributed by atoms with Crippen molar-refractivity contribution in [2.75, 3.05) is 7.11 Å². The van der Waals surface area contributed by atoms with Crippen molar-refractivity contribution in [1.29, 1.82) is 0 Å². The number of methoxy groups -OCH3 is 1. The quantitative estimate of drug-likeness (QED) is 0.859. The molecule has 0 heterocycles. The predicted octanol–water partition coefficient (Wildman–Crippen LogP) is 1.74. The molecule has 1 aliphatic carbocycles. The van der Waals surface area contributed by atoms with Crippen molar-refractivity contribution in [3.8, 4) is 0 Å². The number of hydrogen-bond donors (Lipinski definition) is 2. The molecule has 2 rings (SSSR count). The van der Waals surface area contributed by atoms with Gasteiger partial charge in [-0.05, 0) is 18.4 Å². The van der Waals surface area contributed by atoms with E-state index in [-0.39, 0.29) is 11.9 Å². The lowest BCUT2D eigenvalue weighted by atomic mass is 10.0. The molecule has 1 fully saturated rings. The lowest BCUT2D eigenvalue weighted by Gasteiger charge is -2.21. The maximum Gasteiger partial charge on any atom is 0.308 e. The molecule has 1 saturated carbocycles. The van der Waals surface area contributed by atoms with Gasteiger partial charge < -0.3 is 15.2 Å². The zero-order valence-electron chi connectivity index (χ0n) is 11.4. The molecule has 20 heavy (non-hydrogen) atoms. The van der Waals surface area contributed by atoms with Crippen LogP contribution in [0.1, 0.15) is 30.9 Å². The zero-order chi connectivity index (χ0) is 14.5. The van der Waals surface area contributed by atoms with Crippen LogP contribution < -0.4 is 5.32 Å². The highest BCUT2D eigenvalue weighted by Crippen LogP contribution is 2.27. The van der Waals surface area contributed by atoms with Crippen LogP contribution in [0.5, 0.6) is 0 Å². The molecule has 1 aliphatic rings. The third-order valence-corrected chi connectivity index (χ3v) is 3.74. The van der Waals surface area contributed by atoms with Gasteiger partial charge in [-0.2, -0.15) is 0 Å². The first-order valence-corrected chi connectivity index (χ1v) is 6.74. The van der Waals surface area contributed by atoms with Gasteiger partial charge in [-0.25, -0.2) is 0 Å². The molecular weight excluding hydrogens is 258 g/mol. The largest absolute Gasteiger partial charge is 0.481 e. The molecule has 0 radical (unpaired) electrons. The first-order chi connectivity index (χ1) is 9.63. The van der Waals surface area contributed by atoms with Crippen LogP contribution in [0, 0.1) is 5.92 Å². The molecule has 5 heteroatoms. The SMILES string of the molecule is CO[C@@H](C(=O)N[C@@H]1CCC[C@@H]1C(=O)O)c1ccccc1. The molecule has 1 amide bonds. The Kier molecular flexibility index (Phi) is 4.74. The highest BCUT2D eigenvalue weighted by atomic mass is 16.5. The molecule has 2 N–H and O–H groups in total. The van der Waals surface area contributed by atoms with Crippen molar-refractivity contribution in [2.45, 2.75) is 31.4 Å². The molecule has 1 aromatic rings. The number of amides is 1. The van der Waals surface area contributed by atoms with Crippen LogP contribution in [0.2, 0.25) is 0 Å². The molecule has 0 bridgehead atoms. The fraction of sp³-hybridized carbons (Fsp3) is 0.467. The third kappa shape index (κ3) is 3.17. The Bertz CT molecular complexity index is 474. The van der Waals surface area contributed by atoms with Crippen LogP contribution >= 0.6 is 0 Å². The van der Waals surface area contributed by atoms with Gasteiger partial charge in [-0.1, -0.05) is 36.8 Å². The summed E-state index contributed by atoms with van der Waals surface area (Å²) in [5.74, 6) is -1.62. The van der Waals surface area contributed by atoms with Gasteiger partial charge in [0.2, 0.25) is 0 Å². The number of aliphatic carboxylic acids is 1. The second kappa shape index (κ2) is 6.52. The number of benzene rings is 1. The fourth-order valence-corrected chi connectivity index (χ4v) is 2.71. The van der Waals surface area contributed by atoms with E-state index in [2.05, 4.69) is 5.32 Å². The molecule has 0 saturated heterocycles. The number of carbonyl (C=O) groups excluding carboxylic acids is 1. The molecule has 108 valence electrons. The summed E-state index contributed by atoms with van der Waals surface area (Å²) in [6.07, 6.45) is 1.44. The summed E-state index contributed by atoms with van der Waals surface area (Å²) in [7, 11) is 1.47. The second-order valence-electron chi connectivity index (χ2n) is 5.02. The van der Waals surface area contributed by atoms with E-state index in [0.29, 0.717) is 12.8 Å². The number of carboxylic acids is 1. The lowest BCUT2D eigenvalue weighted by Crippen LogP contribution is -2.42. The van der Waals surface area contributed by atoms with Gasteiger partial charge in [0.15, 0.2) is 6.10 Å². The normalized spacial score (nSPS) is 23.2. The minimum atomic E-state index is -0.846. The smallest absolute Gasteiger partial charge is 0.308 e. The van der Waals surface area contributed by atoms with Gasteiger partial charge in [-0.15, -0.1) is 0 Å². The molecule has 0 aliphatic heterocycles. The molecule has 3 atom stereocenters. The number of nitrogens with one attached hydrogen (secondary N) is 1. The van der Waals surface area contributed by atoms with Crippen molar-refractivity contribution in [3.63, 3.8) is 0 Å². The van der Waals surface area contributed by atoms with Crippen molar-refractivity contribution in [2.24, 2.45) is 5.92 Å². The highest BCUT2D eigenvalue weighted by molar-refractivity contribution is 5.83. The van der Waals surface area contributed by atoms with Gasteiger partial charge in [-0.3, -0.25) is 9.59 Å². The van der Waals surface area contributed by atoms with E-state index in [0.717, 1.165) is 12.0 Å². The summed E-state index contributed by atoms with van der Waals surface area (Å²) in [4.78, 5) is 23.4. The monoisotopic (exact) mass is 277 g/mol. The van der Waals surface area contributed by atoms with Crippen molar-refractivity contribution >= 4 is 11.9 Å². The predicted molar refractivity (Wildman–Crippen MR) is 73.1 cm³/mol. The summed E-state index contributed by atoms with van der Waals surface area (Å²) in [5, 5.41) is 11.9. The first kappa shape index (κ1) is 14.5. The summed E-state index contributed by atoms with van der Waals surface area (Å²) in [5.41, 5.74) is 0.761. The van der Waals surface area contributed by atoms with E-state index < -0.39 is 18.0 Å². The zero-order valence-corrected chi connectivity index (χ0v) is 11.4. The minimum absolute atomic E-state index is 0.281. The van der Waals surface area contributed by atoms with Gasteiger partial charge in [0.1, 0.15) is 0 Å². The topological polar surface area (TPSA) is 75.6 Å². The average Bonchev–Trinajstić information content (AvgIpc) is 2.89. The molecular formula is C15H19NO4. The van der Waals surface area contributed by atoms with E-state index >= 15 is 0 Å². The highest BCUT2D eigenvalue weighted by Gasteiger charge is 2.35. The number of carboxylic acid groups (broad SMARTS) is 1. The molecule has 1 aromatic carbocycles. The maximum absolute atomic E-state index is 12.3. The van der Waals surface area contributed by atoms with Crippen LogP contribution in [-0.2, 0) is 14.3 Å². The fourth-order valence-electron chi connectivity index (χ4n) is 2.71. The Labute approximate surface area is 117 Å². The van der Waals surface area contributed by atoms with Gasteiger partial charge in [0.05, 0.1) is 5.92 Å². The van der Waals surface area contributed by atoms with E-state index in [4.69, 9.17) is 9.84 Å². The Hall–Kier alpha value is -1.88. The Balaban J connectivity index is 2.05. The minimum Gasteiger partial charge on any atom is -0.481 e. The van der Waals surface area contributed by atoms with E-state index in [1.165, 1.54) is 7.11 Å². The van der Waals surface area contributed by atoms with E-state index in [9.17, 15) is 9.59 Å². The van der Waals surface area contributed by atoms with E-state index in [1.54, 1.807) is 0 Å². The summed E-state index contributed by atoms with van der Waals surface area (Å²) >= 11 is 0. The number of rotatable bonds is 5. The van der Waals surface area contributed by atoms with Crippen LogP contribution in [0.15, 0.2) is 30.3 Å². The van der Waals surface area contributed by atoms with Crippen LogP contribution in [0.25, 0.3) is 0 Å². The van der Waals surface area contributed by atoms with Crippen molar-refractivity contribution in [3.05, 3.63) is 35.9 Å². The van der Waals surface area contributed by atoms with Crippen molar-refractivity contribution < 1.29 is 19.4 Å². The van der Waals surface area contributed by atoms with Crippen LogP contribution in [0.4, 0.5) is 0 Å². The van der Waals surface area contributed by atoms with Crippen molar-refractivity contribution in [1.82, 2.24) is 5.32 Å². The standard InChI is InChI=1S/C15H19NO4/c1-20-13(10-6-3-2-4-7-10)14(17)16-12-9-5-8-11(12)15(18)19/h2-4,6-7,11-13H,5,8-9H2,1H3,(H,16,17)(H,18,19)/t11-,12+,13+/m0/s1. The molecule has 0 spiro atoms. The van der Waals surface area contributed by atoms with Crippen LogP contribution in [0.3, 0.4) is 0 Å². The number of carbonyl (C=O) groups is 2. The average molecular weight is 277 g/mol. The second-order valence-corrected chi connectivity index (χ2v) is 5.02. The van der Waals surface area contributed by atoms with E-state index in [1.807, 2.05) is 30.3 Å². The Morgan fingerprint density at radius 1 is 1.30 bits per heavy atom. The summed E-state index contributed by atoms with van der Waals surface area (Å²) < 4.78 is 5.24. The summed E-state index contributed by atoms with van der Waals surface area (Å²) in [6, 6.07) is 8.87. The number of ether oxygens (including phenoxy) is 1. The summed E-state index contributed by atoms with van der Waals surface area (Å²) in [6.45, 7) is 0. The lowest BCUT2D eigenvalue weighted by molar-refractivity contribution is -0.142. The first-order valence-electron chi connectivity index (χ1n) is 6.74. The molecule has 5 nitrogen and oxygen atoms in total. The van der Waals surface area contributed by atoms with Crippen LogP contribution in [-0.4, -0.2) is 30.1 Å². The molecule has 0 unspecified atom stereocenters. The Morgan fingerprint density at radius 2 is 2.00 bits per heavy atom.